The molecule has 0 aromatic carbocycles. The van der Waals surface area contributed by atoms with Crippen LogP contribution in [0.4, 0.5) is 5.82 Å². The molecule has 4 rings (SSSR count). The van der Waals surface area contributed by atoms with Gasteiger partial charge in [-0.3, -0.25) is 14.4 Å². The molecular weight excluding hydrogens is 749 g/mol. The van der Waals surface area contributed by atoms with Crippen molar-refractivity contribution in [2.45, 2.75) is 98.3 Å². The molecule has 2 aromatic heterocycles. The number of nitrogens with one attached hydrogen (secondary N) is 3. The average molecular weight is 795 g/mol. The molecule has 17 nitrogen and oxygen atoms in total. The van der Waals surface area contributed by atoms with E-state index in [4.69, 9.17) is 18.9 Å². The van der Waals surface area contributed by atoms with E-state index in [9.17, 15) is 31.2 Å². The number of rotatable bonds is 16. The fourth-order valence-electron chi connectivity index (χ4n) is 5.16. The maximum Gasteiger partial charge on any atom is 0.307 e. The topological polar surface area (TPSA) is 222 Å². The van der Waals surface area contributed by atoms with E-state index in [2.05, 4.69) is 19.4 Å². The van der Waals surface area contributed by atoms with Crippen molar-refractivity contribution in [1.29, 1.82) is 0 Å². The number of sulfonamides is 1. The molecule has 4 atom stereocenters. The number of esters is 2. The molecule has 21 heteroatoms. The van der Waals surface area contributed by atoms with Crippen molar-refractivity contribution in [3.63, 3.8) is 0 Å². The number of thiophene rings is 1. The van der Waals surface area contributed by atoms with Gasteiger partial charge < -0.3 is 34.5 Å². The molecule has 1 fully saturated rings. The highest BCUT2D eigenvalue weighted by Gasteiger charge is 2.40. The van der Waals surface area contributed by atoms with Gasteiger partial charge in [0.25, 0.3) is 21.8 Å². The smallest absolute Gasteiger partial charge is 0.307 e. The zero-order valence-corrected chi connectivity index (χ0v) is 32.7. The third-order valence-electron chi connectivity index (χ3n) is 7.91. The summed E-state index contributed by atoms with van der Waals surface area (Å²) in [5, 5.41) is 5.72. The molecule has 0 saturated carbocycles. The first-order valence-electron chi connectivity index (χ1n) is 16.5. The van der Waals surface area contributed by atoms with E-state index in [0.717, 1.165) is 11.7 Å². The van der Waals surface area contributed by atoms with Crippen LogP contribution in [0.2, 0.25) is 0 Å². The Balaban J connectivity index is 1.29. The number of anilines is 1. The van der Waals surface area contributed by atoms with E-state index in [1.807, 2.05) is 37.3 Å². The lowest BCUT2D eigenvalue weighted by atomic mass is 10.1. The first-order valence-corrected chi connectivity index (χ1v) is 21.1. The summed E-state index contributed by atoms with van der Waals surface area (Å²) >= 11 is 1.57. The van der Waals surface area contributed by atoms with Crippen LogP contribution in [0, 0.1) is 0 Å². The normalized spacial score (nSPS) is 20.2. The molecule has 0 unspecified atom stereocenters. The number of fused-ring (bicyclic) bond motifs is 1. The van der Waals surface area contributed by atoms with Gasteiger partial charge in [-0.1, -0.05) is 6.92 Å². The zero-order chi connectivity index (χ0) is 37.6. The third kappa shape index (κ3) is 11.0. The van der Waals surface area contributed by atoms with Crippen LogP contribution in [-0.2, 0) is 48.5 Å². The standard InChI is InChI=1S/C30H46N6O11S4/c1-7-31-22-14-18(2)50(40,41)29-21(22)15-25(48-29)51(42,43)35-27(39)19(3)46-23(37)8-9-24(38)47-20(16-32-30(4,5)6)17-45-28-26(33-49-34-28)36-10-12-44-13-11-36/h15,18-20,22,31-32H,7-14,16-17H2,1-6H3,(H,35,39)/t18-,19-,20-,22-/m0/s1. The summed E-state index contributed by atoms with van der Waals surface area (Å²) in [6.45, 7) is 13.6. The van der Waals surface area contributed by atoms with Crippen LogP contribution < -0.4 is 25.0 Å². The van der Waals surface area contributed by atoms with E-state index in [0.29, 0.717) is 61.4 Å². The Morgan fingerprint density at radius 2 is 1.78 bits per heavy atom. The Morgan fingerprint density at radius 3 is 2.43 bits per heavy atom. The van der Waals surface area contributed by atoms with E-state index in [-0.39, 0.29) is 46.0 Å². The van der Waals surface area contributed by atoms with Gasteiger partial charge in [0.05, 0.1) is 43.0 Å². The highest BCUT2D eigenvalue weighted by atomic mass is 32.3. The molecule has 2 aliphatic rings. The Kier molecular flexibility index (Phi) is 13.8. The molecule has 1 saturated heterocycles. The van der Waals surface area contributed by atoms with Crippen LogP contribution in [0.5, 0.6) is 5.88 Å². The van der Waals surface area contributed by atoms with Crippen molar-refractivity contribution in [3.8, 4) is 5.88 Å². The van der Waals surface area contributed by atoms with E-state index < -0.39 is 61.6 Å². The predicted molar refractivity (Wildman–Crippen MR) is 188 cm³/mol. The van der Waals surface area contributed by atoms with Crippen molar-refractivity contribution in [3.05, 3.63) is 11.6 Å². The van der Waals surface area contributed by atoms with Crippen molar-refractivity contribution in [2.75, 3.05) is 50.9 Å². The van der Waals surface area contributed by atoms with Gasteiger partial charge in [0.1, 0.15) is 21.1 Å². The lowest BCUT2D eigenvalue weighted by Crippen LogP contribution is -2.44. The summed E-state index contributed by atoms with van der Waals surface area (Å²) in [7, 11) is -8.25. The highest BCUT2D eigenvalue weighted by Crippen LogP contribution is 2.42. The number of amides is 1. The van der Waals surface area contributed by atoms with Crippen LogP contribution >= 0.6 is 23.1 Å². The summed E-state index contributed by atoms with van der Waals surface area (Å²) in [5.74, 6) is -1.90. The quantitative estimate of drug-likeness (QED) is 0.205. The van der Waals surface area contributed by atoms with Gasteiger partial charge in [0, 0.05) is 36.8 Å². The molecule has 1 amide bonds. The van der Waals surface area contributed by atoms with Gasteiger partial charge in [-0.2, -0.15) is 4.37 Å². The molecule has 2 aliphatic heterocycles. The molecule has 0 spiro atoms. The van der Waals surface area contributed by atoms with Gasteiger partial charge in [-0.05, 0) is 53.7 Å². The number of nitrogens with zero attached hydrogens (tertiary/aromatic N) is 3. The average Bonchev–Trinajstić information content (AvgIpc) is 3.73. The number of hydrogen-bond acceptors (Lipinski definition) is 18. The number of morpholine rings is 1. The number of hydrogen-bond donors (Lipinski definition) is 3. The van der Waals surface area contributed by atoms with Gasteiger partial charge in [0.15, 0.2) is 15.9 Å². The van der Waals surface area contributed by atoms with Gasteiger partial charge in [-0.15, -0.1) is 15.7 Å². The van der Waals surface area contributed by atoms with Gasteiger partial charge in [0.2, 0.25) is 5.82 Å². The largest absolute Gasteiger partial charge is 0.470 e. The Bertz CT molecular complexity index is 1750. The van der Waals surface area contributed by atoms with Gasteiger partial charge >= 0.3 is 11.9 Å². The van der Waals surface area contributed by atoms with E-state index >= 15 is 0 Å². The number of carbonyl (C=O) groups is 3. The summed E-state index contributed by atoms with van der Waals surface area (Å²) in [6.07, 6.45) is -2.85. The maximum atomic E-state index is 13.1. The number of aromatic nitrogens is 2. The van der Waals surface area contributed by atoms with Crippen LogP contribution in [0.25, 0.3) is 0 Å². The summed E-state index contributed by atoms with van der Waals surface area (Å²) < 4.78 is 84.1. The summed E-state index contributed by atoms with van der Waals surface area (Å²) in [5.41, 5.74) is 0.0354. The molecule has 0 bridgehead atoms. The van der Waals surface area contributed by atoms with Crippen molar-refractivity contribution < 1.29 is 50.2 Å². The predicted octanol–water partition coefficient (Wildman–Crippen LogP) is 1.55. The molecule has 0 aliphatic carbocycles. The Morgan fingerprint density at radius 1 is 1.12 bits per heavy atom. The summed E-state index contributed by atoms with van der Waals surface area (Å²) in [4.78, 5) is 40.1. The molecule has 51 heavy (non-hydrogen) atoms. The van der Waals surface area contributed by atoms with Crippen molar-refractivity contribution in [1.82, 2.24) is 24.1 Å². The molecule has 2 aromatic rings. The fraction of sp³-hybridized carbons (Fsp3) is 0.700. The molecule has 286 valence electrons. The first-order chi connectivity index (χ1) is 23.9. The molecular formula is C30H46N6O11S4. The second-order valence-corrected chi connectivity index (χ2v) is 19.2. The Hall–Kier alpha value is -2.95. The second-order valence-electron chi connectivity index (χ2n) is 13.2. The molecule has 4 heterocycles. The minimum absolute atomic E-state index is 0.0400. The minimum Gasteiger partial charge on any atom is -0.470 e. The van der Waals surface area contributed by atoms with Crippen molar-refractivity contribution >= 4 is 66.6 Å². The SMILES string of the molecule is CCN[C@H]1C[C@H](C)S(=O)(=O)c2sc(S(=O)(=O)NC(=O)[C@H](C)OC(=O)CCC(=O)O[C@@H](CNC(C)(C)C)COc3nsnc3N3CCOCC3)cc21. The lowest BCUT2D eigenvalue weighted by Gasteiger charge is -2.27. The Labute approximate surface area is 306 Å². The zero-order valence-electron chi connectivity index (χ0n) is 29.4. The van der Waals surface area contributed by atoms with E-state index in [1.165, 1.54) is 13.0 Å². The monoisotopic (exact) mass is 794 g/mol. The van der Waals surface area contributed by atoms with Gasteiger partial charge in [-0.25, -0.2) is 21.6 Å². The van der Waals surface area contributed by atoms with Crippen LogP contribution in [-0.4, -0.2) is 112 Å². The maximum absolute atomic E-state index is 13.1. The number of sulfone groups is 1. The molecule has 0 radical (unpaired) electrons. The third-order valence-corrected chi connectivity index (χ3v) is 14.1. The highest BCUT2D eigenvalue weighted by molar-refractivity contribution is 7.95. The fourth-order valence-corrected chi connectivity index (χ4v) is 10.7. The summed E-state index contributed by atoms with van der Waals surface area (Å²) in [6, 6.07) is 0.882. The van der Waals surface area contributed by atoms with Crippen molar-refractivity contribution in [2.24, 2.45) is 0 Å². The van der Waals surface area contributed by atoms with Crippen LogP contribution in [0.1, 0.15) is 72.4 Å². The minimum atomic E-state index is -4.50. The number of ether oxygens (including phenoxy) is 4. The first kappa shape index (κ1) is 40.8. The van der Waals surface area contributed by atoms with Crippen LogP contribution in [0.15, 0.2) is 14.5 Å². The number of carbonyl (C=O) groups excluding carboxylic acids is 3. The second kappa shape index (κ2) is 17.3. The van der Waals surface area contributed by atoms with Crippen LogP contribution in [0.3, 0.4) is 0 Å². The molecule has 3 N–H and O–H groups in total. The lowest BCUT2D eigenvalue weighted by molar-refractivity contribution is -0.158. The van der Waals surface area contributed by atoms with E-state index in [1.54, 1.807) is 6.92 Å².